The van der Waals surface area contributed by atoms with Crippen molar-refractivity contribution >= 4 is 0 Å². The minimum absolute atomic E-state index is 0.278. The van der Waals surface area contributed by atoms with Crippen LogP contribution in [0.3, 0.4) is 0 Å². The number of hydrogen-bond acceptors (Lipinski definition) is 3. The van der Waals surface area contributed by atoms with Crippen molar-refractivity contribution in [2.75, 3.05) is 7.11 Å². The van der Waals surface area contributed by atoms with Crippen LogP contribution >= 0.6 is 0 Å². The fraction of sp³-hybridized carbons (Fsp3) is 0.400. The van der Waals surface area contributed by atoms with Crippen LogP contribution in [0.2, 0.25) is 0 Å². The van der Waals surface area contributed by atoms with Crippen LogP contribution in [0, 0.1) is 10.1 Å². The number of nitrogens with zero attached hydrogens (tertiary/aromatic N) is 1. The molecule has 0 heterocycles. The summed E-state index contributed by atoms with van der Waals surface area (Å²) >= 11 is 0. The van der Waals surface area contributed by atoms with Crippen LogP contribution in [0.5, 0.6) is 5.75 Å². The molecule has 0 aliphatic heterocycles. The lowest BCUT2D eigenvalue weighted by atomic mass is 10.1. The lowest BCUT2D eigenvalue weighted by Gasteiger charge is -2.05. The molecule has 1 aromatic rings. The second-order valence-electron chi connectivity index (χ2n) is 3.19. The quantitative estimate of drug-likeness (QED) is 0.544. The van der Waals surface area contributed by atoms with Gasteiger partial charge in [-0.05, 0) is 17.7 Å². The summed E-state index contributed by atoms with van der Waals surface area (Å²) < 4.78 is 5.03. The minimum atomic E-state index is -0.554. The van der Waals surface area contributed by atoms with Crippen LogP contribution < -0.4 is 4.74 Å². The van der Waals surface area contributed by atoms with Gasteiger partial charge >= 0.3 is 0 Å². The van der Waals surface area contributed by atoms with E-state index in [1.54, 1.807) is 14.0 Å². The second kappa shape index (κ2) is 4.60. The first-order valence-electron chi connectivity index (χ1n) is 4.40. The highest BCUT2D eigenvalue weighted by molar-refractivity contribution is 5.28. The highest BCUT2D eigenvalue weighted by atomic mass is 16.6. The molecule has 0 saturated carbocycles. The monoisotopic (exact) mass is 195 g/mol. The van der Waals surface area contributed by atoms with Crippen LogP contribution in [0.15, 0.2) is 24.3 Å². The molecule has 0 aliphatic carbocycles. The molecule has 0 amide bonds. The number of hydrogen-bond donors (Lipinski definition) is 0. The Balaban J connectivity index is 2.71. The number of nitro groups is 1. The molecule has 0 bridgehead atoms. The zero-order valence-corrected chi connectivity index (χ0v) is 8.27. The average molecular weight is 195 g/mol. The molecule has 14 heavy (non-hydrogen) atoms. The largest absolute Gasteiger partial charge is 0.497 e. The zero-order chi connectivity index (χ0) is 10.6. The van der Waals surface area contributed by atoms with Gasteiger partial charge in [0.2, 0.25) is 6.04 Å². The molecule has 0 aromatic heterocycles. The molecule has 4 heteroatoms. The summed E-state index contributed by atoms with van der Waals surface area (Å²) in [6.45, 7) is 1.60. The third-order valence-corrected chi connectivity index (χ3v) is 2.03. The van der Waals surface area contributed by atoms with Crippen molar-refractivity contribution in [1.82, 2.24) is 0 Å². The lowest BCUT2D eigenvalue weighted by molar-refractivity contribution is -0.517. The summed E-state index contributed by atoms with van der Waals surface area (Å²) in [5.74, 6) is 0.734. The summed E-state index contributed by atoms with van der Waals surface area (Å²) in [6.07, 6.45) is 0.435. The summed E-state index contributed by atoms with van der Waals surface area (Å²) in [6, 6.07) is 6.78. The van der Waals surface area contributed by atoms with Gasteiger partial charge in [-0.25, -0.2) is 0 Å². The molecule has 0 spiro atoms. The van der Waals surface area contributed by atoms with Gasteiger partial charge in [0.15, 0.2) is 0 Å². The van der Waals surface area contributed by atoms with E-state index in [0.29, 0.717) is 6.42 Å². The summed E-state index contributed by atoms with van der Waals surface area (Å²) in [5, 5.41) is 10.4. The molecule has 0 saturated heterocycles. The van der Waals surface area contributed by atoms with Gasteiger partial charge < -0.3 is 4.74 Å². The topological polar surface area (TPSA) is 52.4 Å². The van der Waals surface area contributed by atoms with Gasteiger partial charge in [-0.3, -0.25) is 10.1 Å². The zero-order valence-electron chi connectivity index (χ0n) is 8.27. The molecule has 0 unspecified atom stereocenters. The van der Waals surface area contributed by atoms with Crippen molar-refractivity contribution in [3.8, 4) is 5.75 Å². The first kappa shape index (κ1) is 10.5. The second-order valence-corrected chi connectivity index (χ2v) is 3.19. The molecule has 0 radical (unpaired) electrons. The highest BCUT2D eigenvalue weighted by Crippen LogP contribution is 2.14. The Hall–Kier alpha value is -1.58. The summed E-state index contributed by atoms with van der Waals surface area (Å²) in [7, 11) is 1.58. The van der Waals surface area contributed by atoms with E-state index in [4.69, 9.17) is 4.74 Å². The summed E-state index contributed by atoms with van der Waals surface area (Å²) in [5.41, 5.74) is 0.925. The van der Waals surface area contributed by atoms with E-state index in [0.717, 1.165) is 11.3 Å². The van der Waals surface area contributed by atoms with Crippen LogP contribution in [0.4, 0.5) is 0 Å². The van der Waals surface area contributed by atoms with Gasteiger partial charge in [-0.15, -0.1) is 0 Å². The van der Waals surface area contributed by atoms with Crippen molar-refractivity contribution in [2.45, 2.75) is 19.4 Å². The van der Waals surface area contributed by atoms with Crippen LogP contribution in [0.25, 0.3) is 0 Å². The predicted molar refractivity (Wildman–Crippen MR) is 53.2 cm³/mol. The Morgan fingerprint density at radius 2 is 2.29 bits per heavy atom. The maximum Gasteiger partial charge on any atom is 0.214 e. The number of rotatable bonds is 4. The Bertz CT molecular complexity index is 325. The van der Waals surface area contributed by atoms with E-state index < -0.39 is 6.04 Å². The van der Waals surface area contributed by atoms with Gasteiger partial charge in [-0.2, -0.15) is 0 Å². The maximum atomic E-state index is 10.4. The highest BCUT2D eigenvalue weighted by Gasteiger charge is 2.13. The van der Waals surface area contributed by atoms with Crippen LogP contribution in [-0.2, 0) is 6.42 Å². The molecule has 1 aromatic carbocycles. The van der Waals surface area contributed by atoms with Gasteiger partial charge in [-0.1, -0.05) is 12.1 Å². The third-order valence-electron chi connectivity index (χ3n) is 2.03. The maximum absolute atomic E-state index is 10.4. The molecule has 0 N–H and O–H groups in total. The fourth-order valence-corrected chi connectivity index (χ4v) is 1.22. The first-order chi connectivity index (χ1) is 6.63. The van der Waals surface area contributed by atoms with Crippen molar-refractivity contribution in [1.29, 1.82) is 0 Å². The average Bonchev–Trinajstić information content (AvgIpc) is 2.18. The normalized spacial score (nSPS) is 12.1. The lowest BCUT2D eigenvalue weighted by Crippen LogP contribution is -2.17. The third kappa shape index (κ3) is 2.73. The van der Waals surface area contributed by atoms with E-state index in [1.807, 2.05) is 24.3 Å². The van der Waals surface area contributed by atoms with Crippen molar-refractivity contribution in [2.24, 2.45) is 0 Å². The Morgan fingerprint density at radius 3 is 2.86 bits per heavy atom. The first-order valence-corrected chi connectivity index (χ1v) is 4.40. The van der Waals surface area contributed by atoms with Crippen molar-refractivity contribution < 1.29 is 9.66 Å². The van der Waals surface area contributed by atoms with Gasteiger partial charge in [0.1, 0.15) is 5.75 Å². The van der Waals surface area contributed by atoms with Crippen LogP contribution in [-0.4, -0.2) is 18.1 Å². The predicted octanol–water partition coefficient (Wildman–Crippen LogP) is 1.90. The van der Waals surface area contributed by atoms with Crippen molar-refractivity contribution in [3.63, 3.8) is 0 Å². The van der Waals surface area contributed by atoms with E-state index in [2.05, 4.69) is 0 Å². The number of methoxy groups -OCH3 is 1. The fourth-order valence-electron chi connectivity index (χ4n) is 1.22. The standard InChI is InChI=1S/C10H13NO3/c1-8(11(12)13)6-9-4-3-5-10(7-9)14-2/h3-5,7-8H,6H2,1-2H3/t8-/m1/s1. The molecular weight excluding hydrogens is 182 g/mol. The Kier molecular flexibility index (Phi) is 3.45. The SMILES string of the molecule is COc1cccc(C[C@@H](C)[N+](=O)[O-])c1. The Labute approximate surface area is 82.7 Å². The van der Waals surface area contributed by atoms with E-state index in [9.17, 15) is 10.1 Å². The summed E-state index contributed by atoms with van der Waals surface area (Å²) in [4.78, 5) is 10.2. The number of benzene rings is 1. The minimum Gasteiger partial charge on any atom is -0.497 e. The Morgan fingerprint density at radius 1 is 1.57 bits per heavy atom. The molecular formula is C10H13NO3. The molecule has 0 aliphatic rings. The van der Waals surface area contributed by atoms with Gasteiger partial charge in [0.25, 0.3) is 0 Å². The van der Waals surface area contributed by atoms with E-state index in [1.165, 1.54) is 0 Å². The molecule has 76 valence electrons. The number of ether oxygens (including phenoxy) is 1. The van der Waals surface area contributed by atoms with Crippen LogP contribution in [0.1, 0.15) is 12.5 Å². The van der Waals surface area contributed by atoms with E-state index >= 15 is 0 Å². The van der Waals surface area contributed by atoms with Crippen molar-refractivity contribution in [3.05, 3.63) is 39.9 Å². The molecule has 1 atom stereocenters. The van der Waals surface area contributed by atoms with Gasteiger partial charge in [0.05, 0.1) is 7.11 Å². The molecule has 4 nitrogen and oxygen atoms in total. The van der Waals surface area contributed by atoms with Gasteiger partial charge in [0, 0.05) is 18.3 Å². The van der Waals surface area contributed by atoms with E-state index in [-0.39, 0.29) is 4.92 Å². The molecule has 0 fully saturated rings. The molecule has 1 rings (SSSR count). The smallest absolute Gasteiger partial charge is 0.214 e.